The summed E-state index contributed by atoms with van der Waals surface area (Å²) in [6, 6.07) is 0. The molecule has 6 nitrogen and oxygen atoms in total. The Morgan fingerprint density at radius 2 is 0.600 bits per heavy atom. The zero-order chi connectivity index (χ0) is 7.15. The normalized spacial score (nSPS) is 7.20. The zero-order valence-electron chi connectivity index (χ0n) is 4.42. The summed E-state index contributed by atoms with van der Waals surface area (Å²) in [6.07, 6.45) is 0. The largest absolute Gasteiger partial charge is 3.00 e. The third-order valence-electron chi connectivity index (χ3n) is 0. The summed E-state index contributed by atoms with van der Waals surface area (Å²) in [5, 5.41) is 0. The van der Waals surface area contributed by atoms with Crippen LogP contribution in [-0.2, 0) is 0 Å². The Kier molecular flexibility index (Phi) is 41.9. The molecule has 0 aliphatic carbocycles. The van der Waals surface area contributed by atoms with E-state index in [1.807, 2.05) is 0 Å². The van der Waals surface area contributed by atoms with Gasteiger partial charge in [-0.3, -0.25) is 0 Å². The first-order chi connectivity index (χ1) is 3.46. The van der Waals surface area contributed by atoms with Crippen molar-refractivity contribution in [2.75, 3.05) is 0 Å². The molecule has 0 rings (SSSR count). The van der Waals surface area contributed by atoms with Gasteiger partial charge in [0.15, 0.2) is 0 Å². The summed E-state index contributed by atoms with van der Waals surface area (Å²) in [7, 11) is -6.74. The molecule has 0 fully saturated rings. The van der Waals surface area contributed by atoms with Crippen LogP contribution in [0.5, 0.6) is 0 Å². The Morgan fingerprint density at radius 1 is 0.600 bits per heavy atom. The molecular formula is CeLaO6P2. The van der Waals surface area contributed by atoms with E-state index in [0.29, 0.717) is 0 Å². The second kappa shape index (κ2) is 18.1. The van der Waals surface area contributed by atoms with Gasteiger partial charge in [0.2, 0.25) is 0 Å². The van der Waals surface area contributed by atoms with E-state index < -0.39 is 17.2 Å². The second-order valence-corrected chi connectivity index (χ2v) is 1.34. The first-order valence-corrected chi connectivity index (χ1v) is 3.29. The van der Waals surface area contributed by atoms with E-state index in [9.17, 15) is 0 Å². The van der Waals surface area contributed by atoms with Crippen LogP contribution in [0, 0.1) is 77.3 Å². The monoisotopic (exact) mass is 437 g/mol. The van der Waals surface area contributed by atoms with Crippen molar-refractivity contribution in [2.45, 2.75) is 0 Å². The van der Waals surface area contributed by atoms with Crippen LogP contribution in [0.15, 0.2) is 0 Å². The Bertz CT molecular complexity index is 31.2. The molecule has 1 radical (unpaired) electrons. The smallest absolute Gasteiger partial charge is 0.854 e. The molecule has 0 heterocycles. The first-order valence-electron chi connectivity index (χ1n) is 1.10. The fourth-order valence-electron chi connectivity index (χ4n) is 0. The third-order valence-corrected chi connectivity index (χ3v) is 0. The van der Waals surface area contributed by atoms with Crippen molar-refractivity contribution in [2.24, 2.45) is 0 Å². The van der Waals surface area contributed by atoms with E-state index in [4.69, 9.17) is 29.4 Å². The molecule has 10 heavy (non-hydrogen) atoms. The average molecular weight is 437 g/mol. The van der Waals surface area contributed by atoms with Crippen molar-refractivity contribution in [3.63, 3.8) is 0 Å². The van der Waals surface area contributed by atoms with Crippen molar-refractivity contribution < 1.29 is 107 Å². The maximum atomic E-state index is 8.48. The van der Waals surface area contributed by atoms with Gasteiger partial charge in [0, 0.05) is 0 Å². The van der Waals surface area contributed by atoms with E-state index in [1.165, 1.54) is 0 Å². The molecule has 0 bridgehead atoms. The fraction of sp³-hybridized carbons (Fsp3) is 0. The molecule has 0 spiro atoms. The van der Waals surface area contributed by atoms with Crippen LogP contribution in [0.1, 0.15) is 0 Å². The van der Waals surface area contributed by atoms with Crippen molar-refractivity contribution in [3.05, 3.63) is 0 Å². The Labute approximate surface area is 122 Å². The molecule has 0 amide bonds. The quantitative estimate of drug-likeness (QED) is 0.347. The van der Waals surface area contributed by atoms with Crippen molar-refractivity contribution in [1.29, 1.82) is 0 Å². The standard InChI is InChI=1S/Ce.La.2O3P/c;;2*1-4(2)3/q2*+3;2*-3. The Hall–Kier alpha value is 3.19. The van der Waals surface area contributed by atoms with Gasteiger partial charge in [0.1, 0.15) is 0 Å². The van der Waals surface area contributed by atoms with Gasteiger partial charge in [-0.1, -0.05) is 0 Å². The molecule has 0 saturated heterocycles. The topological polar surface area (TPSA) is 138 Å². The molecule has 0 atom stereocenters. The Balaban J connectivity index is -0.0000000300. The van der Waals surface area contributed by atoms with Crippen LogP contribution in [-0.4, -0.2) is 0 Å². The van der Waals surface area contributed by atoms with Gasteiger partial charge < -0.3 is 46.6 Å². The molecule has 0 unspecified atom stereocenters. The fourth-order valence-corrected chi connectivity index (χ4v) is 0. The molecular weight excluding hydrogens is 437 g/mol. The van der Waals surface area contributed by atoms with E-state index in [0.717, 1.165) is 0 Å². The van der Waals surface area contributed by atoms with Crippen molar-refractivity contribution in [3.8, 4) is 0 Å². The number of hydrogen-bond donors (Lipinski definition) is 0. The van der Waals surface area contributed by atoms with Crippen molar-refractivity contribution >= 4 is 17.2 Å². The summed E-state index contributed by atoms with van der Waals surface area (Å²) in [4.78, 5) is 50.9. The molecule has 0 N–H and O–H groups in total. The molecule has 0 aromatic carbocycles. The minimum Gasteiger partial charge on any atom is -0.854 e. The summed E-state index contributed by atoms with van der Waals surface area (Å²) >= 11 is 0. The van der Waals surface area contributed by atoms with Gasteiger partial charge in [0.25, 0.3) is 0 Å². The van der Waals surface area contributed by atoms with Gasteiger partial charge in [-0.05, 0) is 0 Å². The predicted molar refractivity (Wildman–Crippen MR) is 13.8 cm³/mol. The van der Waals surface area contributed by atoms with Crippen LogP contribution in [0.25, 0.3) is 0 Å². The zero-order valence-corrected chi connectivity index (χ0v) is 13.0. The van der Waals surface area contributed by atoms with Gasteiger partial charge in [-0.25, -0.2) is 0 Å². The van der Waals surface area contributed by atoms with E-state index in [1.54, 1.807) is 0 Å². The Morgan fingerprint density at radius 3 is 0.600 bits per heavy atom. The van der Waals surface area contributed by atoms with E-state index >= 15 is 0 Å². The van der Waals surface area contributed by atoms with Gasteiger partial charge in [-0.2, -0.15) is 0 Å². The van der Waals surface area contributed by atoms with Crippen LogP contribution in [0.3, 0.4) is 0 Å². The van der Waals surface area contributed by atoms with Crippen LogP contribution >= 0.6 is 17.2 Å². The second-order valence-electron chi connectivity index (χ2n) is 0.447. The SMILES string of the molecule is [Ce+3].[La+3].[O-]P([O-])[O-].[O-]P([O-])[O-]. The maximum Gasteiger partial charge on any atom is 3.00 e. The van der Waals surface area contributed by atoms with Gasteiger partial charge in [0.05, 0.1) is 0 Å². The van der Waals surface area contributed by atoms with Crippen LogP contribution in [0.4, 0.5) is 0 Å². The van der Waals surface area contributed by atoms with Crippen molar-refractivity contribution in [1.82, 2.24) is 0 Å². The molecule has 0 aliphatic rings. The molecule has 53 valence electrons. The summed E-state index contributed by atoms with van der Waals surface area (Å²) < 4.78 is 0. The number of rotatable bonds is 0. The van der Waals surface area contributed by atoms with Gasteiger partial charge in [-0.15, -0.1) is 0 Å². The minimum atomic E-state index is -3.37. The molecule has 0 saturated carbocycles. The summed E-state index contributed by atoms with van der Waals surface area (Å²) in [5.41, 5.74) is 0. The molecule has 10 heteroatoms. The molecule has 0 aliphatic heterocycles. The average Bonchev–Trinajstić information content (AvgIpc) is 1.25. The predicted octanol–water partition coefficient (Wildman–Crippen LogP) is -5.41. The molecule has 0 aromatic heterocycles. The van der Waals surface area contributed by atoms with E-state index in [2.05, 4.69) is 0 Å². The molecule has 0 aromatic rings. The summed E-state index contributed by atoms with van der Waals surface area (Å²) in [5.74, 6) is 0. The first kappa shape index (κ1) is 23.2. The van der Waals surface area contributed by atoms with Crippen LogP contribution < -0.4 is 29.4 Å². The minimum absolute atomic E-state index is 0. The maximum absolute atomic E-state index is 8.48. The van der Waals surface area contributed by atoms with E-state index in [-0.39, 0.29) is 77.3 Å². The number of hydrogen-bond acceptors (Lipinski definition) is 6. The van der Waals surface area contributed by atoms with Crippen LogP contribution in [0.2, 0.25) is 0 Å². The summed E-state index contributed by atoms with van der Waals surface area (Å²) in [6.45, 7) is 0. The third kappa shape index (κ3) is 114. The van der Waals surface area contributed by atoms with Gasteiger partial charge >= 0.3 is 77.3 Å².